The number of carbonyl (C=O) groups is 2. The number of fused-ring (bicyclic) bond motifs is 1. The van der Waals surface area contributed by atoms with Crippen LogP contribution in [0.5, 0.6) is 0 Å². The van der Waals surface area contributed by atoms with Crippen molar-refractivity contribution in [1.29, 1.82) is 0 Å². The van der Waals surface area contributed by atoms with Gasteiger partial charge in [-0.05, 0) is 34.7 Å². The summed E-state index contributed by atoms with van der Waals surface area (Å²) in [7, 11) is 1.63. The van der Waals surface area contributed by atoms with Crippen molar-refractivity contribution in [1.82, 2.24) is 14.7 Å². The predicted octanol–water partition coefficient (Wildman–Crippen LogP) is 4.80. The first-order chi connectivity index (χ1) is 17.6. The van der Waals surface area contributed by atoms with Gasteiger partial charge in [0.15, 0.2) is 0 Å². The van der Waals surface area contributed by atoms with E-state index in [2.05, 4.69) is 47.4 Å². The summed E-state index contributed by atoms with van der Waals surface area (Å²) < 4.78 is 5.31. The Kier molecular flexibility index (Phi) is 7.16. The van der Waals surface area contributed by atoms with Crippen LogP contribution in [-0.2, 0) is 16.1 Å². The largest absolute Gasteiger partial charge is 0.383 e. The summed E-state index contributed by atoms with van der Waals surface area (Å²) in [5.41, 5.74) is 1.37. The Balaban J connectivity index is 1.32. The molecular weight excluding hydrogens is 450 g/mol. The van der Waals surface area contributed by atoms with E-state index in [1.165, 1.54) is 10.5 Å². The van der Waals surface area contributed by atoms with Crippen LogP contribution in [0.25, 0.3) is 16.8 Å². The number of likely N-dealkylation sites (tertiary alicyclic amines) is 1. The Bertz CT molecular complexity index is 1240. The number of piperidine rings is 1. The second kappa shape index (κ2) is 10.6. The summed E-state index contributed by atoms with van der Waals surface area (Å²) in [4.78, 5) is 33.1. The highest BCUT2D eigenvalue weighted by Crippen LogP contribution is 2.38. The van der Waals surface area contributed by atoms with E-state index >= 15 is 0 Å². The number of nitrogens with zero attached hydrogens (tertiary/aromatic N) is 3. The van der Waals surface area contributed by atoms with Crippen molar-refractivity contribution in [2.75, 3.05) is 39.9 Å². The number of ether oxygens (including phenoxy) is 1. The molecule has 0 atom stereocenters. The van der Waals surface area contributed by atoms with Gasteiger partial charge in [-0.15, -0.1) is 0 Å². The SMILES string of the molecule is COCCN1C(=O)N(Cc2cccc3ccccc23)C(=O)C12CCN(C/C=C/c1ccccc1)CC2. The number of amides is 3. The lowest BCUT2D eigenvalue weighted by molar-refractivity contribution is -0.136. The van der Waals surface area contributed by atoms with Crippen molar-refractivity contribution in [3.05, 3.63) is 90.0 Å². The molecule has 1 spiro atoms. The molecule has 3 amide bonds. The second-order valence-corrected chi connectivity index (χ2v) is 9.60. The molecule has 0 bridgehead atoms. The highest BCUT2D eigenvalue weighted by Gasteiger charge is 2.57. The van der Waals surface area contributed by atoms with Gasteiger partial charge in [-0.25, -0.2) is 4.79 Å². The molecular formula is C30H33N3O3. The molecule has 5 rings (SSSR count). The van der Waals surface area contributed by atoms with Crippen LogP contribution in [-0.4, -0.2) is 72.1 Å². The van der Waals surface area contributed by atoms with E-state index in [0.29, 0.717) is 26.0 Å². The topological polar surface area (TPSA) is 53.1 Å². The number of hydrogen-bond acceptors (Lipinski definition) is 4. The molecule has 0 radical (unpaired) electrons. The lowest BCUT2D eigenvalue weighted by atomic mass is 9.85. The third-order valence-electron chi connectivity index (χ3n) is 7.51. The molecule has 3 aromatic rings. The van der Waals surface area contributed by atoms with Crippen molar-refractivity contribution >= 4 is 28.8 Å². The molecule has 3 aromatic carbocycles. The molecule has 2 fully saturated rings. The van der Waals surface area contributed by atoms with Crippen molar-refractivity contribution in [2.45, 2.75) is 24.9 Å². The number of urea groups is 1. The zero-order valence-corrected chi connectivity index (χ0v) is 20.8. The monoisotopic (exact) mass is 483 g/mol. The number of benzene rings is 3. The van der Waals surface area contributed by atoms with E-state index in [1.54, 1.807) is 12.0 Å². The Morgan fingerprint density at radius 2 is 1.64 bits per heavy atom. The average molecular weight is 484 g/mol. The van der Waals surface area contributed by atoms with E-state index in [-0.39, 0.29) is 18.5 Å². The summed E-state index contributed by atoms with van der Waals surface area (Å²) >= 11 is 0. The Labute approximate surface area is 212 Å². The highest BCUT2D eigenvalue weighted by atomic mass is 16.5. The van der Waals surface area contributed by atoms with Gasteiger partial charge in [0, 0.05) is 33.3 Å². The minimum Gasteiger partial charge on any atom is -0.383 e. The van der Waals surface area contributed by atoms with Gasteiger partial charge in [-0.3, -0.25) is 14.6 Å². The smallest absolute Gasteiger partial charge is 0.328 e. The summed E-state index contributed by atoms with van der Waals surface area (Å²) in [6.07, 6.45) is 5.56. The van der Waals surface area contributed by atoms with E-state index in [9.17, 15) is 9.59 Å². The first-order valence-electron chi connectivity index (χ1n) is 12.7. The molecule has 0 N–H and O–H groups in total. The number of methoxy groups -OCH3 is 1. The van der Waals surface area contributed by atoms with Gasteiger partial charge < -0.3 is 9.64 Å². The molecule has 2 aliphatic heterocycles. The lowest BCUT2D eigenvalue weighted by Crippen LogP contribution is -2.57. The van der Waals surface area contributed by atoms with E-state index in [0.717, 1.165) is 36.0 Å². The summed E-state index contributed by atoms with van der Waals surface area (Å²) in [6, 6.07) is 24.2. The second-order valence-electron chi connectivity index (χ2n) is 9.60. The Morgan fingerprint density at radius 3 is 2.42 bits per heavy atom. The molecule has 2 heterocycles. The van der Waals surface area contributed by atoms with Crippen LogP contribution in [0.3, 0.4) is 0 Å². The van der Waals surface area contributed by atoms with Gasteiger partial charge in [0.05, 0.1) is 13.2 Å². The Hall–Kier alpha value is -3.48. The van der Waals surface area contributed by atoms with E-state index in [4.69, 9.17) is 4.74 Å². The van der Waals surface area contributed by atoms with Crippen LogP contribution in [0.1, 0.15) is 24.0 Å². The van der Waals surface area contributed by atoms with Crippen LogP contribution < -0.4 is 0 Å². The normalized spacial score (nSPS) is 18.2. The standard InChI is InChI=1S/C30H33N3O3/c1-36-22-21-33-29(35)32(23-26-14-7-13-25-12-5-6-15-27(25)26)28(34)30(33)16-19-31(20-17-30)18-8-11-24-9-3-2-4-10-24/h2-15H,16-23H2,1H3/b11-8+. The van der Waals surface area contributed by atoms with Gasteiger partial charge in [-0.2, -0.15) is 0 Å². The summed E-state index contributed by atoms with van der Waals surface area (Å²) in [5.74, 6) is -0.0731. The minimum absolute atomic E-state index is 0.0731. The molecule has 186 valence electrons. The molecule has 0 saturated carbocycles. The molecule has 6 nitrogen and oxygen atoms in total. The number of rotatable bonds is 8. The van der Waals surface area contributed by atoms with Gasteiger partial charge in [0.1, 0.15) is 5.54 Å². The van der Waals surface area contributed by atoms with Crippen molar-refractivity contribution < 1.29 is 14.3 Å². The molecule has 2 saturated heterocycles. The lowest BCUT2D eigenvalue weighted by Gasteiger charge is -2.42. The van der Waals surface area contributed by atoms with Crippen LogP contribution in [0, 0.1) is 0 Å². The fraction of sp³-hybridized carbons (Fsp3) is 0.333. The number of hydrogen-bond donors (Lipinski definition) is 0. The highest BCUT2D eigenvalue weighted by molar-refractivity contribution is 6.07. The van der Waals surface area contributed by atoms with Gasteiger partial charge in [0.2, 0.25) is 0 Å². The van der Waals surface area contributed by atoms with E-state index in [1.807, 2.05) is 42.5 Å². The average Bonchev–Trinajstić information content (AvgIpc) is 3.10. The molecule has 36 heavy (non-hydrogen) atoms. The van der Waals surface area contributed by atoms with Crippen molar-refractivity contribution in [2.24, 2.45) is 0 Å². The first-order valence-corrected chi connectivity index (χ1v) is 12.7. The number of imide groups is 1. The van der Waals surface area contributed by atoms with Crippen molar-refractivity contribution in [3.63, 3.8) is 0 Å². The molecule has 0 aromatic heterocycles. The van der Waals surface area contributed by atoms with Gasteiger partial charge in [-0.1, -0.05) is 84.9 Å². The van der Waals surface area contributed by atoms with E-state index < -0.39 is 5.54 Å². The van der Waals surface area contributed by atoms with Crippen LogP contribution in [0.2, 0.25) is 0 Å². The zero-order valence-electron chi connectivity index (χ0n) is 20.8. The molecule has 0 aliphatic carbocycles. The molecule has 6 heteroatoms. The zero-order chi connectivity index (χ0) is 25.0. The third-order valence-corrected chi connectivity index (χ3v) is 7.51. The van der Waals surface area contributed by atoms with Crippen LogP contribution >= 0.6 is 0 Å². The predicted molar refractivity (Wildman–Crippen MR) is 142 cm³/mol. The van der Waals surface area contributed by atoms with Crippen molar-refractivity contribution in [3.8, 4) is 0 Å². The first kappa shape index (κ1) is 24.2. The maximum absolute atomic E-state index is 13.9. The van der Waals surface area contributed by atoms with Crippen LogP contribution in [0.15, 0.2) is 78.9 Å². The van der Waals surface area contributed by atoms with Gasteiger partial charge >= 0.3 is 6.03 Å². The fourth-order valence-corrected chi connectivity index (χ4v) is 5.51. The van der Waals surface area contributed by atoms with Gasteiger partial charge in [0.25, 0.3) is 5.91 Å². The quantitative estimate of drug-likeness (QED) is 0.432. The minimum atomic E-state index is -0.792. The molecule has 2 aliphatic rings. The molecule has 0 unspecified atom stereocenters. The maximum atomic E-state index is 13.9. The summed E-state index contributed by atoms with van der Waals surface area (Å²) in [6.45, 7) is 3.47. The fourth-order valence-electron chi connectivity index (χ4n) is 5.51. The number of carbonyl (C=O) groups excluding carboxylic acids is 2. The Morgan fingerprint density at radius 1 is 0.917 bits per heavy atom. The van der Waals surface area contributed by atoms with Crippen LogP contribution in [0.4, 0.5) is 4.79 Å². The third kappa shape index (κ3) is 4.66. The summed E-state index contributed by atoms with van der Waals surface area (Å²) in [5, 5.41) is 2.18. The maximum Gasteiger partial charge on any atom is 0.328 e.